The summed E-state index contributed by atoms with van der Waals surface area (Å²) >= 11 is 0. The maximum atomic E-state index is 12.8. The van der Waals surface area contributed by atoms with Gasteiger partial charge in [0.25, 0.3) is 0 Å². The molecule has 0 aliphatic heterocycles. The number of rotatable bonds is 4. The van der Waals surface area contributed by atoms with Gasteiger partial charge in [-0.05, 0) is 59.1 Å². The first-order valence-electron chi connectivity index (χ1n) is 9.59. The number of carboxylic acids is 1. The third-order valence-electron chi connectivity index (χ3n) is 5.93. The van der Waals surface area contributed by atoms with Crippen molar-refractivity contribution in [2.24, 2.45) is 0 Å². The first kappa shape index (κ1) is 20.6. The van der Waals surface area contributed by atoms with E-state index in [1.54, 1.807) is 12.1 Å². The summed E-state index contributed by atoms with van der Waals surface area (Å²) in [5, 5.41) is 29.8. The minimum Gasteiger partial charge on any atom is -0.507 e. The Bertz CT molecular complexity index is 1010. The van der Waals surface area contributed by atoms with Crippen molar-refractivity contribution >= 4 is 17.5 Å². The number of aromatic carboxylic acids is 1. The molecule has 0 saturated heterocycles. The average molecular weight is 394 g/mol. The molecular formula is C24H26O5. The van der Waals surface area contributed by atoms with E-state index in [1.807, 2.05) is 0 Å². The average Bonchev–Trinajstić information content (AvgIpc) is 2.65. The van der Waals surface area contributed by atoms with Crippen molar-refractivity contribution < 1.29 is 24.9 Å². The number of carboxylic acid groups (broad SMARTS) is 1. The molecule has 0 radical (unpaired) electrons. The molecule has 2 aromatic rings. The largest absolute Gasteiger partial charge is 0.507 e. The lowest BCUT2D eigenvalue weighted by molar-refractivity contribution is 0.0696. The SMILES string of the molecule is CC1(C)CCC(C)(C)c2cc(C(=O)/C=C(\O)c3ccc(C(=O)O)cc3)c(O)cc21. The summed E-state index contributed by atoms with van der Waals surface area (Å²) in [7, 11) is 0. The van der Waals surface area contributed by atoms with Gasteiger partial charge in [0.1, 0.15) is 11.5 Å². The number of benzene rings is 2. The zero-order valence-corrected chi connectivity index (χ0v) is 17.1. The molecule has 0 fully saturated rings. The summed E-state index contributed by atoms with van der Waals surface area (Å²) in [6, 6.07) is 8.99. The monoisotopic (exact) mass is 394 g/mol. The van der Waals surface area contributed by atoms with Crippen molar-refractivity contribution in [3.63, 3.8) is 0 Å². The summed E-state index contributed by atoms with van der Waals surface area (Å²) in [5.74, 6) is -1.97. The molecule has 5 nitrogen and oxygen atoms in total. The van der Waals surface area contributed by atoms with Crippen LogP contribution in [0.2, 0.25) is 0 Å². The summed E-state index contributed by atoms with van der Waals surface area (Å²) in [6.07, 6.45) is 3.02. The maximum absolute atomic E-state index is 12.8. The summed E-state index contributed by atoms with van der Waals surface area (Å²) < 4.78 is 0. The van der Waals surface area contributed by atoms with Gasteiger partial charge in [-0.2, -0.15) is 0 Å². The molecule has 1 aliphatic carbocycles. The molecule has 0 heterocycles. The zero-order chi connectivity index (χ0) is 21.6. The van der Waals surface area contributed by atoms with Crippen LogP contribution in [0.3, 0.4) is 0 Å². The van der Waals surface area contributed by atoms with Gasteiger partial charge in [-0.25, -0.2) is 4.79 Å². The van der Waals surface area contributed by atoms with Gasteiger partial charge in [0.15, 0.2) is 5.78 Å². The molecule has 0 atom stereocenters. The highest BCUT2D eigenvalue weighted by Crippen LogP contribution is 2.47. The fourth-order valence-corrected chi connectivity index (χ4v) is 3.87. The van der Waals surface area contributed by atoms with Crippen molar-refractivity contribution in [1.29, 1.82) is 0 Å². The Morgan fingerprint density at radius 3 is 1.86 bits per heavy atom. The van der Waals surface area contributed by atoms with Crippen LogP contribution in [0.25, 0.3) is 5.76 Å². The summed E-state index contributed by atoms with van der Waals surface area (Å²) in [5.41, 5.74) is 2.42. The van der Waals surface area contributed by atoms with E-state index >= 15 is 0 Å². The van der Waals surface area contributed by atoms with E-state index in [-0.39, 0.29) is 33.5 Å². The van der Waals surface area contributed by atoms with E-state index in [0.29, 0.717) is 5.56 Å². The molecule has 0 aromatic heterocycles. The maximum Gasteiger partial charge on any atom is 0.335 e. The van der Waals surface area contributed by atoms with Crippen LogP contribution in [0.1, 0.15) is 77.9 Å². The Labute approximate surface area is 170 Å². The third-order valence-corrected chi connectivity index (χ3v) is 5.93. The van der Waals surface area contributed by atoms with E-state index in [4.69, 9.17) is 5.11 Å². The summed E-state index contributed by atoms with van der Waals surface area (Å²) in [4.78, 5) is 23.7. The number of carbonyl (C=O) groups excluding carboxylic acids is 1. The van der Waals surface area contributed by atoms with E-state index in [2.05, 4.69) is 27.7 Å². The fourth-order valence-electron chi connectivity index (χ4n) is 3.87. The minimum absolute atomic E-state index is 0.0880. The number of carbonyl (C=O) groups is 2. The van der Waals surface area contributed by atoms with E-state index in [9.17, 15) is 19.8 Å². The number of fused-ring (bicyclic) bond motifs is 1. The number of ketones is 1. The van der Waals surface area contributed by atoms with Crippen molar-refractivity contribution in [3.05, 3.63) is 70.3 Å². The lowest BCUT2D eigenvalue weighted by atomic mass is 9.63. The van der Waals surface area contributed by atoms with Crippen molar-refractivity contribution in [2.45, 2.75) is 51.4 Å². The molecule has 0 amide bonds. The molecule has 3 rings (SSSR count). The zero-order valence-electron chi connectivity index (χ0n) is 17.1. The molecule has 0 unspecified atom stereocenters. The normalized spacial score (nSPS) is 17.4. The quantitative estimate of drug-likeness (QED) is 0.375. The van der Waals surface area contributed by atoms with Crippen LogP contribution in [0.15, 0.2) is 42.5 Å². The third kappa shape index (κ3) is 3.90. The van der Waals surface area contributed by atoms with E-state index < -0.39 is 11.8 Å². The molecule has 1 aliphatic rings. The number of aliphatic hydroxyl groups is 1. The number of phenols is 1. The molecular weight excluding hydrogens is 368 g/mol. The Morgan fingerprint density at radius 1 is 0.862 bits per heavy atom. The number of allylic oxidation sites excluding steroid dienone is 1. The topological polar surface area (TPSA) is 94.8 Å². The molecule has 0 spiro atoms. The Morgan fingerprint density at radius 2 is 1.34 bits per heavy atom. The number of hydrogen-bond donors (Lipinski definition) is 3. The molecule has 0 bridgehead atoms. The highest BCUT2D eigenvalue weighted by atomic mass is 16.4. The van der Waals surface area contributed by atoms with Crippen LogP contribution in [0.4, 0.5) is 0 Å². The van der Waals surface area contributed by atoms with E-state index in [1.165, 1.54) is 24.3 Å². The van der Waals surface area contributed by atoms with Gasteiger partial charge in [0.2, 0.25) is 0 Å². The van der Waals surface area contributed by atoms with Crippen molar-refractivity contribution in [2.75, 3.05) is 0 Å². The van der Waals surface area contributed by atoms with E-state index in [0.717, 1.165) is 30.0 Å². The van der Waals surface area contributed by atoms with Gasteiger partial charge in [-0.3, -0.25) is 4.79 Å². The van der Waals surface area contributed by atoms with Crippen molar-refractivity contribution in [1.82, 2.24) is 0 Å². The highest BCUT2D eigenvalue weighted by Gasteiger charge is 2.38. The Balaban J connectivity index is 1.99. The van der Waals surface area contributed by atoms with Crippen LogP contribution in [-0.4, -0.2) is 27.1 Å². The number of aromatic hydroxyl groups is 1. The fraction of sp³-hybridized carbons (Fsp3) is 0.333. The highest BCUT2D eigenvalue weighted by molar-refractivity contribution is 6.09. The van der Waals surface area contributed by atoms with Crippen LogP contribution in [0.5, 0.6) is 5.75 Å². The number of aliphatic hydroxyl groups excluding tert-OH is 1. The lowest BCUT2D eigenvalue weighted by Gasteiger charge is -2.42. The first-order valence-corrected chi connectivity index (χ1v) is 9.59. The minimum atomic E-state index is -1.07. The second-order valence-electron chi connectivity index (χ2n) is 8.96. The number of phenolic OH excluding ortho intramolecular Hbond substituents is 1. The summed E-state index contributed by atoms with van der Waals surface area (Å²) in [6.45, 7) is 8.52. The molecule has 3 N–H and O–H groups in total. The molecule has 5 heteroatoms. The van der Waals surface area contributed by atoms with Gasteiger partial charge in [-0.15, -0.1) is 0 Å². The first-order chi connectivity index (χ1) is 13.4. The van der Waals surface area contributed by atoms with Crippen molar-refractivity contribution in [3.8, 4) is 5.75 Å². The van der Waals surface area contributed by atoms with Crippen LogP contribution in [-0.2, 0) is 10.8 Å². The van der Waals surface area contributed by atoms with Crippen LogP contribution in [0, 0.1) is 0 Å². The van der Waals surface area contributed by atoms with Crippen LogP contribution < -0.4 is 0 Å². The van der Waals surface area contributed by atoms with Crippen LogP contribution >= 0.6 is 0 Å². The predicted molar refractivity (Wildman–Crippen MR) is 112 cm³/mol. The Hall–Kier alpha value is -3.08. The number of hydrogen-bond acceptors (Lipinski definition) is 4. The predicted octanol–water partition coefficient (Wildman–Crippen LogP) is 5.22. The van der Waals surface area contributed by atoms with Gasteiger partial charge < -0.3 is 15.3 Å². The molecule has 152 valence electrons. The van der Waals surface area contributed by atoms with Gasteiger partial charge in [-0.1, -0.05) is 39.8 Å². The standard InChI is InChI=1S/C24H26O5/c1-23(2)9-10-24(3,4)18-12-20(26)16(11-17(18)23)21(27)13-19(25)14-5-7-15(8-6-14)22(28)29/h5-8,11-13,25-26H,9-10H2,1-4H3,(H,28,29)/b19-13-. The lowest BCUT2D eigenvalue weighted by Crippen LogP contribution is -2.34. The Kier molecular flexibility index (Phi) is 5.03. The molecule has 29 heavy (non-hydrogen) atoms. The van der Waals surface area contributed by atoms with Gasteiger partial charge in [0, 0.05) is 11.6 Å². The second-order valence-corrected chi connectivity index (χ2v) is 8.96. The second kappa shape index (κ2) is 7.07. The molecule has 2 aromatic carbocycles. The van der Waals surface area contributed by atoms with Gasteiger partial charge in [0.05, 0.1) is 11.1 Å². The molecule has 0 saturated carbocycles. The smallest absolute Gasteiger partial charge is 0.335 e. The van der Waals surface area contributed by atoms with Gasteiger partial charge >= 0.3 is 5.97 Å².